The molecule has 0 unspecified atom stereocenters. The molecular formula is C43H29N3. The van der Waals surface area contributed by atoms with Crippen molar-refractivity contribution in [3.05, 3.63) is 176 Å². The maximum absolute atomic E-state index is 5.32. The zero-order valence-electron chi connectivity index (χ0n) is 25.1. The Kier molecular flexibility index (Phi) is 6.14. The van der Waals surface area contributed by atoms with Crippen LogP contribution >= 0.6 is 0 Å². The fourth-order valence-electron chi connectivity index (χ4n) is 6.80. The van der Waals surface area contributed by atoms with Gasteiger partial charge in [-0.15, -0.1) is 0 Å². The zero-order valence-corrected chi connectivity index (χ0v) is 25.1. The molecule has 0 aliphatic heterocycles. The number of rotatable bonds is 5. The average molecular weight is 588 g/mol. The van der Waals surface area contributed by atoms with E-state index in [-0.39, 0.29) is 0 Å². The summed E-state index contributed by atoms with van der Waals surface area (Å²) >= 11 is 0. The predicted molar refractivity (Wildman–Crippen MR) is 192 cm³/mol. The Morgan fingerprint density at radius 2 is 0.957 bits per heavy atom. The van der Waals surface area contributed by atoms with Crippen molar-refractivity contribution in [3.8, 4) is 45.1 Å². The van der Waals surface area contributed by atoms with Crippen LogP contribution in [0.1, 0.15) is 0 Å². The molecule has 0 saturated heterocycles. The minimum absolute atomic E-state index is 0.888. The summed E-state index contributed by atoms with van der Waals surface area (Å²) in [6, 6.07) is 62.5. The Balaban J connectivity index is 1.29. The summed E-state index contributed by atoms with van der Waals surface area (Å²) < 4.78 is 4.70. The van der Waals surface area contributed by atoms with E-state index in [0.29, 0.717) is 0 Å². The van der Waals surface area contributed by atoms with Gasteiger partial charge in [0.2, 0.25) is 0 Å². The smallest absolute Gasteiger partial charge is 0.138 e. The molecule has 216 valence electrons. The van der Waals surface area contributed by atoms with Crippen LogP contribution in [0.5, 0.6) is 0 Å². The molecule has 9 rings (SSSR count). The van der Waals surface area contributed by atoms with Gasteiger partial charge in [-0.3, -0.25) is 4.57 Å². The lowest BCUT2D eigenvalue weighted by Crippen LogP contribution is -2.02. The highest BCUT2D eigenvalue weighted by Gasteiger charge is 2.18. The SMILES string of the molecule is c1ccc(-c2cc(-c3ccccc3)nc(-n3c(-c4cccc(-n5c6ccccc6c6ccccc65)c4)cc4ccccc43)c2)cc1. The summed E-state index contributed by atoms with van der Waals surface area (Å²) in [6.45, 7) is 0. The first-order valence-corrected chi connectivity index (χ1v) is 15.6. The van der Waals surface area contributed by atoms with E-state index < -0.39 is 0 Å². The normalized spacial score (nSPS) is 11.5. The molecule has 6 aromatic carbocycles. The largest absolute Gasteiger partial charge is 0.309 e. The van der Waals surface area contributed by atoms with Gasteiger partial charge in [0.1, 0.15) is 5.82 Å². The average Bonchev–Trinajstić information content (AvgIpc) is 3.69. The number of hydrogen-bond acceptors (Lipinski definition) is 1. The third-order valence-corrected chi connectivity index (χ3v) is 8.91. The number of nitrogens with zero attached hydrogens (tertiary/aromatic N) is 3. The molecule has 46 heavy (non-hydrogen) atoms. The summed E-state index contributed by atoms with van der Waals surface area (Å²) in [5, 5.41) is 3.69. The first-order valence-electron chi connectivity index (χ1n) is 15.6. The quantitative estimate of drug-likeness (QED) is 0.196. The molecule has 0 aliphatic rings. The lowest BCUT2D eigenvalue weighted by molar-refractivity contribution is 1.05. The molecule has 3 heteroatoms. The maximum Gasteiger partial charge on any atom is 0.138 e. The standard InChI is InChI=1S/C43H29N3/c1-3-14-30(15-4-1)34-27-38(31-16-5-2-6-17-31)44-43(29-34)46-39-23-10-7-18-33(39)28-42(46)32-19-13-20-35(26-32)45-40-24-11-8-21-36(40)37-22-9-12-25-41(37)45/h1-29H. The maximum atomic E-state index is 5.32. The lowest BCUT2D eigenvalue weighted by atomic mass is 10.0. The highest BCUT2D eigenvalue weighted by molar-refractivity contribution is 6.09. The van der Waals surface area contributed by atoms with Crippen LogP contribution < -0.4 is 0 Å². The van der Waals surface area contributed by atoms with Crippen LogP contribution in [0.2, 0.25) is 0 Å². The van der Waals surface area contributed by atoms with Crippen molar-refractivity contribution in [2.75, 3.05) is 0 Å². The molecule has 0 amide bonds. The number of pyridine rings is 1. The summed E-state index contributed by atoms with van der Waals surface area (Å²) in [4.78, 5) is 5.32. The molecule has 0 fully saturated rings. The van der Waals surface area contributed by atoms with E-state index in [1.807, 2.05) is 6.07 Å². The molecule has 0 N–H and O–H groups in total. The van der Waals surface area contributed by atoms with Gasteiger partial charge >= 0.3 is 0 Å². The third kappa shape index (κ3) is 4.33. The molecule has 0 bridgehead atoms. The van der Waals surface area contributed by atoms with Gasteiger partial charge in [0.15, 0.2) is 0 Å². The van der Waals surface area contributed by atoms with Crippen LogP contribution in [0.4, 0.5) is 0 Å². The van der Waals surface area contributed by atoms with Crippen LogP contribution in [0.15, 0.2) is 176 Å². The molecule has 9 aromatic rings. The van der Waals surface area contributed by atoms with Crippen molar-refractivity contribution in [2.45, 2.75) is 0 Å². The summed E-state index contributed by atoms with van der Waals surface area (Å²) in [6.07, 6.45) is 0. The van der Waals surface area contributed by atoms with Crippen molar-refractivity contribution in [2.24, 2.45) is 0 Å². The van der Waals surface area contributed by atoms with E-state index in [0.717, 1.165) is 50.7 Å². The number of para-hydroxylation sites is 3. The fourth-order valence-corrected chi connectivity index (χ4v) is 6.80. The van der Waals surface area contributed by atoms with Gasteiger partial charge in [0.05, 0.1) is 27.9 Å². The van der Waals surface area contributed by atoms with Crippen LogP contribution in [0.3, 0.4) is 0 Å². The van der Waals surface area contributed by atoms with Crippen LogP contribution in [-0.4, -0.2) is 14.1 Å². The molecular weight excluding hydrogens is 558 g/mol. The highest BCUT2D eigenvalue weighted by Crippen LogP contribution is 2.37. The minimum Gasteiger partial charge on any atom is -0.309 e. The summed E-state index contributed by atoms with van der Waals surface area (Å²) in [7, 11) is 0. The molecule has 0 aliphatic carbocycles. The zero-order chi connectivity index (χ0) is 30.5. The summed E-state index contributed by atoms with van der Waals surface area (Å²) in [5.41, 5.74) is 11.2. The lowest BCUT2D eigenvalue weighted by Gasteiger charge is -2.16. The van der Waals surface area contributed by atoms with Crippen LogP contribution in [0, 0.1) is 0 Å². The Hall–Kier alpha value is -6.19. The van der Waals surface area contributed by atoms with Crippen LogP contribution in [0.25, 0.3) is 77.9 Å². The van der Waals surface area contributed by atoms with E-state index in [4.69, 9.17) is 4.98 Å². The fraction of sp³-hybridized carbons (Fsp3) is 0. The molecule has 0 atom stereocenters. The summed E-state index contributed by atoms with van der Waals surface area (Å²) in [5.74, 6) is 0.888. The molecule has 3 aromatic heterocycles. The van der Waals surface area contributed by atoms with Gasteiger partial charge in [-0.25, -0.2) is 4.98 Å². The molecule has 0 spiro atoms. The van der Waals surface area contributed by atoms with Gasteiger partial charge in [-0.05, 0) is 59.7 Å². The van der Waals surface area contributed by atoms with E-state index in [1.54, 1.807) is 0 Å². The van der Waals surface area contributed by atoms with Gasteiger partial charge < -0.3 is 4.57 Å². The second-order valence-corrected chi connectivity index (χ2v) is 11.7. The van der Waals surface area contributed by atoms with Gasteiger partial charge in [-0.1, -0.05) is 127 Å². The Labute approximate surface area is 267 Å². The Bertz CT molecular complexity index is 2410. The Morgan fingerprint density at radius 3 is 1.67 bits per heavy atom. The monoisotopic (exact) mass is 587 g/mol. The van der Waals surface area contributed by atoms with Crippen molar-refractivity contribution < 1.29 is 0 Å². The molecule has 3 heterocycles. The number of aromatic nitrogens is 3. The third-order valence-electron chi connectivity index (χ3n) is 8.91. The van der Waals surface area contributed by atoms with Gasteiger partial charge in [-0.2, -0.15) is 0 Å². The van der Waals surface area contributed by atoms with E-state index >= 15 is 0 Å². The van der Waals surface area contributed by atoms with E-state index in [1.165, 1.54) is 27.2 Å². The van der Waals surface area contributed by atoms with E-state index in [2.05, 4.69) is 179 Å². The number of benzene rings is 6. The highest BCUT2D eigenvalue weighted by atomic mass is 15.1. The first kappa shape index (κ1) is 26.2. The second-order valence-electron chi connectivity index (χ2n) is 11.7. The topological polar surface area (TPSA) is 22.8 Å². The molecule has 3 nitrogen and oxygen atoms in total. The number of fused-ring (bicyclic) bond motifs is 4. The minimum atomic E-state index is 0.888. The second kappa shape index (κ2) is 10.8. The Morgan fingerprint density at radius 1 is 0.370 bits per heavy atom. The van der Waals surface area contributed by atoms with E-state index in [9.17, 15) is 0 Å². The van der Waals surface area contributed by atoms with Crippen molar-refractivity contribution in [3.63, 3.8) is 0 Å². The molecule has 0 saturated carbocycles. The van der Waals surface area contributed by atoms with Crippen LogP contribution in [-0.2, 0) is 0 Å². The van der Waals surface area contributed by atoms with Crippen molar-refractivity contribution in [1.82, 2.24) is 14.1 Å². The van der Waals surface area contributed by atoms with Crippen molar-refractivity contribution in [1.29, 1.82) is 0 Å². The molecule has 0 radical (unpaired) electrons. The predicted octanol–water partition coefficient (Wildman–Crippen LogP) is 11.1. The van der Waals surface area contributed by atoms with Gasteiger partial charge in [0.25, 0.3) is 0 Å². The number of hydrogen-bond donors (Lipinski definition) is 0. The van der Waals surface area contributed by atoms with Gasteiger partial charge in [0, 0.05) is 33.0 Å². The first-order chi connectivity index (χ1) is 22.8. The van der Waals surface area contributed by atoms with Crippen molar-refractivity contribution >= 4 is 32.7 Å².